The predicted molar refractivity (Wildman–Crippen MR) is 105 cm³/mol. The van der Waals surface area contributed by atoms with Gasteiger partial charge in [0.2, 0.25) is 5.91 Å². The molecule has 0 aliphatic carbocycles. The molecule has 1 unspecified atom stereocenters. The van der Waals surface area contributed by atoms with Gasteiger partial charge in [-0.1, -0.05) is 77.9 Å². The van der Waals surface area contributed by atoms with Crippen molar-refractivity contribution < 1.29 is 4.79 Å². The van der Waals surface area contributed by atoms with Crippen LogP contribution in [0, 0.1) is 0 Å². The van der Waals surface area contributed by atoms with Crippen LogP contribution in [0.5, 0.6) is 0 Å². The fourth-order valence-corrected chi connectivity index (χ4v) is 3.48. The lowest BCUT2D eigenvalue weighted by molar-refractivity contribution is -0.131. The summed E-state index contributed by atoms with van der Waals surface area (Å²) in [6, 6.07) is 23.8. The summed E-state index contributed by atoms with van der Waals surface area (Å²) in [5, 5.41) is 11.7. The molecule has 0 saturated heterocycles. The highest BCUT2D eigenvalue weighted by Gasteiger charge is 2.33. The Morgan fingerprint density at radius 3 is 2.63 bits per heavy atom. The number of amides is 1. The van der Waals surface area contributed by atoms with Crippen LogP contribution in [0.3, 0.4) is 0 Å². The molecule has 27 heavy (non-hydrogen) atoms. The second kappa shape index (κ2) is 7.32. The molecule has 0 aromatic heterocycles. The second-order valence-corrected chi connectivity index (χ2v) is 6.33. The summed E-state index contributed by atoms with van der Waals surface area (Å²) in [6.45, 7) is -0.244. The van der Waals surface area contributed by atoms with Crippen molar-refractivity contribution in [2.24, 2.45) is 10.2 Å². The molecule has 1 heterocycles. The molecule has 3 aromatic rings. The average Bonchev–Trinajstić information content (AvgIpc) is 3.17. The van der Waals surface area contributed by atoms with Gasteiger partial charge in [-0.05, 0) is 21.9 Å². The third kappa shape index (κ3) is 3.26. The molecule has 0 radical (unpaired) electrons. The Balaban J connectivity index is 1.77. The number of carbonyl (C=O) groups excluding carboxylic acids is 1. The second-order valence-electron chi connectivity index (χ2n) is 6.33. The zero-order chi connectivity index (χ0) is 18.6. The van der Waals surface area contributed by atoms with Crippen molar-refractivity contribution >= 4 is 22.4 Å². The van der Waals surface area contributed by atoms with Crippen LogP contribution in [0.4, 0.5) is 0 Å². The van der Waals surface area contributed by atoms with E-state index in [1.165, 1.54) is 5.01 Å². The molecule has 0 fully saturated rings. The van der Waals surface area contributed by atoms with E-state index in [0.717, 1.165) is 27.6 Å². The van der Waals surface area contributed by atoms with Crippen molar-refractivity contribution in [3.63, 3.8) is 0 Å². The van der Waals surface area contributed by atoms with Crippen molar-refractivity contribution in [1.29, 1.82) is 0 Å². The summed E-state index contributed by atoms with van der Waals surface area (Å²) < 4.78 is 0. The molecular formula is C21H17N5O. The standard InChI is InChI=1S/C21H17N5O/c22-25-23-14-21(27)26-20(16-8-2-1-3-9-16)13-19(24-26)18-12-6-10-15-7-4-5-11-17(15)18/h1-12,20H,13-14H2. The Bertz CT molecular complexity index is 1060. The van der Waals surface area contributed by atoms with Gasteiger partial charge in [0.25, 0.3) is 0 Å². The molecule has 6 nitrogen and oxygen atoms in total. The third-order valence-electron chi connectivity index (χ3n) is 4.72. The van der Waals surface area contributed by atoms with E-state index < -0.39 is 0 Å². The van der Waals surface area contributed by atoms with Crippen molar-refractivity contribution in [1.82, 2.24) is 5.01 Å². The molecule has 1 atom stereocenters. The highest BCUT2D eigenvalue weighted by Crippen LogP contribution is 2.34. The minimum absolute atomic E-state index is 0.207. The van der Waals surface area contributed by atoms with E-state index in [1.54, 1.807) is 0 Å². The van der Waals surface area contributed by atoms with E-state index in [1.807, 2.05) is 54.6 Å². The van der Waals surface area contributed by atoms with Crippen LogP contribution in [-0.2, 0) is 4.79 Å². The molecule has 0 spiro atoms. The van der Waals surface area contributed by atoms with Gasteiger partial charge in [-0.15, -0.1) is 0 Å². The Hall–Kier alpha value is -3.63. The van der Waals surface area contributed by atoms with Crippen LogP contribution >= 0.6 is 0 Å². The number of benzene rings is 3. The Morgan fingerprint density at radius 2 is 1.81 bits per heavy atom. The van der Waals surface area contributed by atoms with E-state index in [-0.39, 0.29) is 18.5 Å². The first-order valence-electron chi connectivity index (χ1n) is 8.71. The minimum Gasteiger partial charge on any atom is -0.273 e. The van der Waals surface area contributed by atoms with Gasteiger partial charge in [0.1, 0.15) is 6.54 Å². The Morgan fingerprint density at radius 1 is 1.07 bits per heavy atom. The lowest BCUT2D eigenvalue weighted by atomic mass is 9.95. The summed E-state index contributed by atoms with van der Waals surface area (Å²) in [5.41, 5.74) is 11.4. The van der Waals surface area contributed by atoms with Gasteiger partial charge in [0.05, 0.1) is 11.8 Å². The van der Waals surface area contributed by atoms with Crippen LogP contribution < -0.4 is 0 Å². The van der Waals surface area contributed by atoms with Crippen LogP contribution in [-0.4, -0.2) is 23.2 Å². The van der Waals surface area contributed by atoms with Crippen molar-refractivity contribution in [3.05, 3.63) is 94.4 Å². The molecule has 1 aliphatic heterocycles. The molecule has 1 aliphatic rings. The summed E-state index contributed by atoms with van der Waals surface area (Å²) in [7, 11) is 0. The van der Waals surface area contributed by atoms with Crippen LogP contribution in [0.25, 0.3) is 21.2 Å². The zero-order valence-electron chi connectivity index (χ0n) is 14.6. The third-order valence-corrected chi connectivity index (χ3v) is 4.72. The smallest absolute Gasteiger partial charge is 0.249 e. The number of nitrogens with zero attached hydrogens (tertiary/aromatic N) is 5. The molecule has 0 saturated carbocycles. The first kappa shape index (κ1) is 16.8. The maximum atomic E-state index is 12.6. The van der Waals surface area contributed by atoms with Crippen molar-refractivity contribution in [2.75, 3.05) is 6.54 Å². The number of azide groups is 1. The van der Waals surface area contributed by atoms with E-state index in [4.69, 9.17) is 5.53 Å². The minimum atomic E-state index is -0.308. The average molecular weight is 355 g/mol. The molecule has 6 heteroatoms. The van der Waals surface area contributed by atoms with Gasteiger partial charge in [-0.2, -0.15) is 5.10 Å². The first-order chi connectivity index (χ1) is 13.3. The zero-order valence-corrected chi connectivity index (χ0v) is 14.6. The molecule has 0 N–H and O–H groups in total. The molecular weight excluding hydrogens is 338 g/mol. The molecule has 4 rings (SSSR count). The highest BCUT2D eigenvalue weighted by molar-refractivity contribution is 6.12. The van der Waals surface area contributed by atoms with Crippen LogP contribution in [0.15, 0.2) is 83.0 Å². The van der Waals surface area contributed by atoms with Crippen LogP contribution in [0.2, 0.25) is 0 Å². The number of hydrogen-bond acceptors (Lipinski definition) is 3. The number of fused-ring (bicyclic) bond motifs is 1. The summed E-state index contributed by atoms with van der Waals surface area (Å²) >= 11 is 0. The van der Waals surface area contributed by atoms with Gasteiger partial charge in [0, 0.05) is 16.9 Å². The van der Waals surface area contributed by atoms with Crippen molar-refractivity contribution in [3.8, 4) is 0 Å². The maximum absolute atomic E-state index is 12.6. The van der Waals surface area contributed by atoms with E-state index >= 15 is 0 Å². The monoisotopic (exact) mass is 355 g/mol. The van der Waals surface area contributed by atoms with Gasteiger partial charge in [-0.3, -0.25) is 4.79 Å². The predicted octanol–water partition coefficient (Wildman–Crippen LogP) is 4.83. The Kier molecular flexibility index (Phi) is 4.56. The first-order valence-corrected chi connectivity index (χ1v) is 8.71. The van der Waals surface area contributed by atoms with Gasteiger partial charge in [-0.25, -0.2) is 5.01 Å². The lowest BCUT2D eigenvalue weighted by Crippen LogP contribution is -2.28. The largest absolute Gasteiger partial charge is 0.273 e. The maximum Gasteiger partial charge on any atom is 0.249 e. The SMILES string of the molecule is [N-]=[N+]=NCC(=O)N1N=C(c2cccc3ccccc23)CC1c1ccccc1. The normalized spacial score (nSPS) is 16.1. The molecule has 3 aromatic carbocycles. The van der Waals surface area contributed by atoms with Gasteiger partial charge < -0.3 is 0 Å². The molecule has 132 valence electrons. The number of hydrazone groups is 1. The van der Waals surface area contributed by atoms with Gasteiger partial charge in [0.15, 0.2) is 0 Å². The van der Waals surface area contributed by atoms with E-state index in [9.17, 15) is 4.79 Å². The summed E-state index contributed by atoms with van der Waals surface area (Å²) in [5.74, 6) is -0.308. The van der Waals surface area contributed by atoms with Crippen LogP contribution in [0.1, 0.15) is 23.6 Å². The topological polar surface area (TPSA) is 81.4 Å². The number of hydrogen-bond donors (Lipinski definition) is 0. The fraction of sp³-hybridized carbons (Fsp3) is 0.143. The van der Waals surface area contributed by atoms with E-state index in [0.29, 0.717) is 6.42 Å². The quantitative estimate of drug-likeness (QED) is 0.375. The van der Waals surface area contributed by atoms with E-state index in [2.05, 4.69) is 33.3 Å². The number of carbonyl (C=O) groups is 1. The summed E-state index contributed by atoms with van der Waals surface area (Å²) in [6.07, 6.45) is 0.611. The van der Waals surface area contributed by atoms with Crippen molar-refractivity contribution in [2.45, 2.75) is 12.5 Å². The lowest BCUT2D eigenvalue weighted by Gasteiger charge is -2.21. The van der Waals surface area contributed by atoms with Gasteiger partial charge >= 0.3 is 0 Å². The fourth-order valence-electron chi connectivity index (χ4n) is 3.48. The summed E-state index contributed by atoms with van der Waals surface area (Å²) in [4.78, 5) is 15.3. The Labute approximate surface area is 156 Å². The highest BCUT2D eigenvalue weighted by atomic mass is 16.2. The molecule has 0 bridgehead atoms. The molecule has 1 amide bonds. The number of rotatable bonds is 4.